The minimum Gasteiger partial charge on any atom is -0.313 e. The van der Waals surface area contributed by atoms with Crippen molar-refractivity contribution >= 4 is 10.0 Å². The second-order valence-electron chi connectivity index (χ2n) is 6.16. The van der Waals surface area contributed by atoms with Gasteiger partial charge in [-0.25, -0.2) is 13.1 Å². The van der Waals surface area contributed by atoms with Crippen molar-refractivity contribution in [1.82, 2.24) is 10.0 Å². The van der Waals surface area contributed by atoms with Crippen LogP contribution >= 0.6 is 0 Å². The summed E-state index contributed by atoms with van der Waals surface area (Å²) in [6.45, 7) is 13.2. The summed E-state index contributed by atoms with van der Waals surface area (Å²) >= 11 is 0. The summed E-state index contributed by atoms with van der Waals surface area (Å²) in [5.41, 5.74) is 2.36. The van der Waals surface area contributed by atoms with Gasteiger partial charge in [0.1, 0.15) is 0 Å². The average Bonchev–Trinajstić information content (AvgIpc) is 2.38. The molecule has 0 aliphatic rings. The zero-order chi connectivity index (χ0) is 16.3. The molecule has 0 saturated heterocycles. The van der Waals surface area contributed by atoms with Gasteiger partial charge in [-0.2, -0.15) is 0 Å². The van der Waals surface area contributed by atoms with Gasteiger partial charge in [-0.1, -0.05) is 19.9 Å². The lowest BCUT2D eigenvalue weighted by Crippen LogP contribution is -2.42. The second-order valence-corrected chi connectivity index (χ2v) is 7.81. The summed E-state index contributed by atoms with van der Waals surface area (Å²) in [7, 11) is -3.51. The molecule has 0 spiro atoms. The SMILES string of the molecule is CCNCc1cc(C)c(C)c(S(=O)(=O)NC(C)(C)CC)c1. The highest BCUT2D eigenvalue weighted by Crippen LogP contribution is 2.23. The number of benzene rings is 1. The van der Waals surface area contributed by atoms with Gasteiger partial charge in [0.25, 0.3) is 0 Å². The fourth-order valence-electron chi connectivity index (χ4n) is 2.04. The van der Waals surface area contributed by atoms with E-state index in [4.69, 9.17) is 0 Å². The van der Waals surface area contributed by atoms with E-state index in [9.17, 15) is 8.42 Å². The second kappa shape index (κ2) is 6.90. The number of aryl methyl sites for hydroxylation is 1. The molecular weight excluding hydrogens is 284 g/mol. The summed E-state index contributed by atoms with van der Waals surface area (Å²) in [4.78, 5) is 0.386. The van der Waals surface area contributed by atoms with Gasteiger partial charge in [-0.3, -0.25) is 0 Å². The maximum absolute atomic E-state index is 12.7. The molecule has 0 aliphatic carbocycles. The number of rotatable bonds is 7. The lowest BCUT2D eigenvalue weighted by atomic mass is 10.0. The molecule has 5 heteroatoms. The molecule has 0 radical (unpaired) electrons. The van der Waals surface area contributed by atoms with E-state index >= 15 is 0 Å². The van der Waals surface area contributed by atoms with Crippen molar-refractivity contribution in [3.05, 3.63) is 28.8 Å². The summed E-state index contributed by atoms with van der Waals surface area (Å²) in [6, 6.07) is 3.82. The highest BCUT2D eigenvalue weighted by Gasteiger charge is 2.26. The third kappa shape index (κ3) is 4.80. The maximum Gasteiger partial charge on any atom is 0.241 e. The average molecular weight is 312 g/mol. The Balaban J connectivity index is 3.24. The van der Waals surface area contributed by atoms with Crippen LogP contribution in [0.25, 0.3) is 0 Å². The van der Waals surface area contributed by atoms with Crippen LogP contribution in [0, 0.1) is 13.8 Å². The van der Waals surface area contributed by atoms with E-state index in [0.717, 1.165) is 29.7 Å². The molecule has 0 atom stereocenters. The monoisotopic (exact) mass is 312 g/mol. The number of sulfonamides is 1. The van der Waals surface area contributed by atoms with E-state index in [2.05, 4.69) is 10.0 Å². The van der Waals surface area contributed by atoms with Crippen LogP contribution in [0.5, 0.6) is 0 Å². The van der Waals surface area contributed by atoms with Crippen molar-refractivity contribution in [3.8, 4) is 0 Å². The predicted molar refractivity (Wildman–Crippen MR) is 88.0 cm³/mol. The fourth-order valence-corrected chi connectivity index (χ4v) is 3.89. The largest absolute Gasteiger partial charge is 0.313 e. The molecule has 0 bridgehead atoms. The fraction of sp³-hybridized carbons (Fsp3) is 0.625. The molecule has 0 unspecified atom stereocenters. The molecule has 120 valence electrons. The molecule has 0 aliphatic heterocycles. The van der Waals surface area contributed by atoms with Gasteiger partial charge in [-0.05, 0) is 63.4 Å². The van der Waals surface area contributed by atoms with Crippen molar-refractivity contribution in [2.24, 2.45) is 0 Å². The summed E-state index contributed by atoms with van der Waals surface area (Å²) < 4.78 is 28.2. The van der Waals surface area contributed by atoms with Crippen molar-refractivity contribution in [3.63, 3.8) is 0 Å². The van der Waals surface area contributed by atoms with Crippen LogP contribution < -0.4 is 10.0 Å². The maximum atomic E-state index is 12.7. The van der Waals surface area contributed by atoms with E-state index in [1.807, 2.05) is 47.6 Å². The van der Waals surface area contributed by atoms with E-state index in [1.54, 1.807) is 6.07 Å². The molecule has 0 heterocycles. The molecular formula is C16H28N2O2S. The summed E-state index contributed by atoms with van der Waals surface area (Å²) in [5, 5.41) is 3.23. The molecule has 0 saturated carbocycles. The zero-order valence-electron chi connectivity index (χ0n) is 14.0. The Hall–Kier alpha value is -0.910. The Morgan fingerprint density at radius 2 is 1.76 bits per heavy atom. The van der Waals surface area contributed by atoms with E-state index in [1.165, 1.54) is 0 Å². The highest BCUT2D eigenvalue weighted by atomic mass is 32.2. The molecule has 1 rings (SSSR count). The molecule has 1 aromatic carbocycles. The van der Waals surface area contributed by atoms with Crippen molar-refractivity contribution in [2.75, 3.05) is 6.54 Å². The molecule has 0 amide bonds. The molecule has 0 aromatic heterocycles. The van der Waals surface area contributed by atoms with Gasteiger partial charge in [-0.15, -0.1) is 0 Å². The quantitative estimate of drug-likeness (QED) is 0.814. The highest BCUT2D eigenvalue weighted by molar-refractivity contribution is 7.89. The molecule has 1 aromatic rings. The van der Waals surface area contributed by atoms with Crippen molar-refractivity contribution in [2.45, 2.75) is 64.9 Å². The Bertz CT molecular complexity index is 593. The third-order valence-corrected chi connectivity index (χ3v) is 5.67. The van der Waals surface area contributed by atoms with Crippen LogP contribution in [-0.4, -0.2) is 20.5 Å². The topological polar surface area (TPSA) is 58.2 Å². The van der Waals surface area contributed by atoms with Gasteiger partial charge < -0.3 is 5.32 Å². The van der Waals surface area contributed by atoms with Gasteiger partial charge in [0, 0.05) is 12.1 Å². The molecule has 21 heavy (non-hydrogen) atoms. The third-order valence-electron chi connectivity index (χ3n) is 3.84. The minimum absolute atomic E-state index is 0.386. The first-order valence-corrected chi connectivity index (χ1v) is 8.96. The Labute approximate surface area is 129 Å². The van der Waals surface area contributed by atoms with Gasteiger partial charge in [0.15, 0.2) is 0 Å². The van der Waals surface area contributed by atoms with E-state index in [-0.39, 0.29) is 0 Å². The Kier molecular flexibility index (Phi) is 5.96. The summed E-state index contributed by atoms with van der Waals surface area (Å²) in [6.07, 6.45) is 0.737. The van der Waals surface area contributed by atoms with Crippen molar-refractivity contribution in [1.29, 1.82) is 0 Å². The zero-order valence-corrected chi connectivity index (χ0v) is 14.8. The molecule has 4 nitrogen and oxygen atoms in total. The van der Waals surface area contributed by atoms with E-state index < -0.39 is 15.6 Å². The van der Waals surface area contributed by atoms with Crippen LogP contribution in [0.15, 0.2) is 17.0 Å². The lowest BCUT2D eigenvalue weighted by Gasteiger charge is -2.25. The predicted octanol–water partition coefficient (Wildman–Crippen LogP) is 2.88. The van der Waals surface area contributed by atoms with Gasteiger partial charge in [0.05, 0.1) is 4.90 Å². The first-order chi connectivity index (χ1) is 9.63. The normalized spacial score (nSPS) is 12.7. The van der Waals surface area contributed by atoms with Crippen LogP contribution in [0.4, 0.5) is 0 Å². The Morgan fingerprint density at radius 3 is 2.29 bits per heavy atom. The van der Waals surface area contributed by atoms with E-state index in [0.29, 0.717) is 11.4 Å². The number of nitrogens with one attached hydrogen (secondary N) is 2. The van der Waals surface area contributed by atoms with Crippen LogP contribution in [0.2, 0.25) is 0 Å². The van der Waals surface area contributed by atoms with Crippen LogP contribution in [0.1, 0.15) is 50.8 Å². The standard InChI is InChI=1S/C16H28N2O2S/c1-7-16(5,6)18-21(19,20)15-10-14(11-17-8-2)9-12(3)13(15)4/h9-10,17-18H,7-8,11H2,1-6H3. The first kappa shape index (κ1) is 18.1. The molecule has 0 fully saturated rings. The van der Waals surface area contributed by atoms with Crippen LogP contribution in [-0.2, 0) is 16.6 Å². The minimum atomic E-state index is -3.51. The number of hydrogen-bond acceptors (Lipinski definition) is 3. The van der Waals surface area contributed by atoms with Crippen molar-refractivity contribution < 1.29 is 8.42 Å². The van der Waals surface area contributed by atoms with Crippen LogP contribution in [0.3, 0.4) is 0 Å². The first-order valence-electron chi connectivity index (χ1n) is 7.47. The smallest absolute Gasteiger partial charge is 0.241 e. The number of hydrogen-bond donors (Lipinski definition) is 2. The lowest BCUT2D eigenvalue weighted by molar-refractivity contribution is 0.439. The summed E-state index contributed by atoms with van der Waals surface area (Å²) in [5.74, 6) is 0. The molecule has 2 N–H and O–H groups in total. The van der Waals surface area contributed by atoms with Gasteiger partial charge in [0.2, 0.25) is 10.0 Å². The van der Waals surface area contributed by atoms with Gasteiger partial charge >= 0.3 is 0 Å². The Morgan fingerprint density at radius 1 is 1.14 bits per heavy atom.